The van der Waals surface area contributed by atoms with E-state index in [1.807, 2.05) is 0 Å². The summed E-state index contributed by atoms with van der Waals surface area (Å²) in [6.45, 7) is 16.5. The maximum absolute atomic E-state index is 6.82. The summed E-state index contributed by atoms with van der Waals surface area (Å²) >= 11 is 0. The molecule has 0 bridgehead atoms. The topological polar surface area (TPSA) is 18.5 Å². The Hall–Kier alpha value is -1.25. The minimum absolute atomic E-state index is 0.0763. The molecule has 0 saturated heterocycles. The molecule has 2 aromatic rings. The molecule has 0 N–H and O–H groups in total. The van der Waals surface area contributed by atoms with E-state index in [-0.39, 0.29) is 11.1 Å². The Labute approximate surface area is 173 Å². The molecule has 0 aliphatic rings. The van der Waals surface area contributed by atoms with Crippen molar-refractivity contribution in [1.29, 1.82) is 0 Å². The average Bonchev–Trinajstić information content (AvgIpc) is 2.66. The molecule has 0 fully saturated rings. The minimum Gasteiger partial charge on any atom is -0.411 e. The van der Waals surface area contributed by atoms with Crippen LogP contribution in [0, 0.1) is 0 Å². The number of hydrogen-bond acceptors (Lipinski definition) is 2. The smallest absolute Gasteiger partial charge is 0.192 e. The van der Waals surface area contributed by atoms with E-state index in [0.29, 0.717) is 13.2 Å². The fraction of sp³-hybridized carbons (Fsp3) is 0.417. The minimum atomic E-state index is -1.89. The van der Waals surface area contributed by atoms with Crippen molar-refractivity contribution in [2.45, 2.75) is 45.0 Å². The van der Waals surface area contributed by atoms with Crippen molar-refractivity contribution < 1.29 is 9.16 Å². The Morgan fingerprint density at radius 1 is 0.964 bits per heavy atom. The van der Waals surface area contributed by atoms with Crippen LogP contribution in [-0.4, -0.2) is 33.8 Å². The summed E-state index contributed by atoms with van der Waals surface area (Å²) in [7, 11) is -2.40. The highest BCUT2D eigenvalue weighted by Gasteiger charge is 2.39. The fourth-order valence-corrected chi connectivity index (χ4v) is 6.63. The van der Waals surface area contributed by atoms with Crippen LogP contribution >= 0.6 is 7.92 Å². The van der Waals surface area contributed by atoms with Gasteiger partial charge in [-0.05, 0) is 36.7 Å². The third-order valence-electron chi connectivity index (χ3n) is 5.33. The van der Waals surface area contributed by atoms with Crippen LogP contribution in [0.4, 0.5) is 0 Å². The Morgan fingerprint density at radius 3 is 1.89 bits per heavy atom. The Morgan fingerprint density at radius 2 is 1.46 bits per heavy atom. The third kappa shape index (κ3) is 6.67. The van der Waals surface area contributed by atoms with E-state index in [0.717, 1.165) is 6.16 Å². The largest absolute Gasteiger partial charge is 0.411 e. The molecule has 1 atom stereocenters. The van der Waals surface area contributed by atoms with Crippen LogP contribution in [0.1, 0.15) is 20.8 Å². The Kier molecular flexibility index (Phi) is 8.64. The van der Waals surface area contributed by atoms with E-state index >= 15 is 0 Å². The van der Waals surface area contributed by atoms with Crippen molar-refractivity contribution in [2.24, 2.45) is 0 Å². The molecule has 152 valence electrons. The van der Waals surface area contributed by atoms with Crippen molar-refractivity contribution in [3.8, 4) is 0 Å². The summed E-state index contributed by atoms with van der Waals surface area (Å²) in [6.07, 6.45) is 2.85. The first-order valence-electron chi connectivity index (χ1n) is 9.98. The first-order valence-corrected chi connectivity index (χ1v) is 14.4. The van der Waals surface area contributed by atoms with E-state index in [2.05, 4.69) is 101 Å². The molecule has 0 saturated carbocycles. The molecule has 0 aliphatic carbocycles. The van der Waals surface area contributed by atoms with Gasteiger partial charge in [0.1, 0.15) is 0 Å². The molecule has 0 aliphatic heterocycles. The first-order chi connectivity index (χ1) is 13.2. The third-order valence-corrected chi connectivity index (χ3v) is 12.5. The second-order valence-corrected chi connectivity index (χ2v) is 15.6. The summed E-state index contributed by atoms with van der Waals surface area (Å²) in [4.78, 5) is 0. The highest BCUT2D eigenvalue weighted by atomic mass is 31.1. The van der Waals surface area contributed by atoms with Gasteiger partial charge in [-0.2, -0.15) is 0 Å². The molecule has 1 unspecified atom stereocenters. The predicted octanol–water partition coefficient (Wildman–Crippen LogP) is 5.71. The van der Waals surface area contributed by atoms with Crippen LogP contribution in [0.3, 0.4) is 0 Å². The van der Waals surface area contributed by atoms with Crippen molar-refractivity contribution >= 4 is 26.8 Å². The summed E-state index contributed by atoms with van der Waals surface area (Å²) < 4.78 is 12.7. The lowest BCUT2D eigenvalue weighted by Gasteiger charge is -2.40. The lowest BCUT2D eigenvalue weighted by Crippen LogP contribution is -2.46. The van der Waals surface area contributed by atoms with Gasteiger partial charge in [-0.15, -0.1) is 6.58 Å². The van der Waals surface area contributed by atoms with Gasteiger partial charge in [0.2, 0.25) is 0 Å². The maximum Gasteiger partial charge on any atom is 0.192 e. The average molecular weight is 415 g/mol. The molecule has 2 aromatic carbocycles. The van der Waals surface area contributed by atoms with Crippen molar-refractivity contribution in [1.82, 2.24) is 0 Å². The molecule has 0 spiro atoms. The highest BCUT2D eigenvalue weighted by Crippen LogP contribution is 2.40. The summed E-state index contributed by atoms with van der Waals surface area (Å²) in [6, 6.07) is 21.7. The van der Waals surface area contributed by atoms with Gasteiger partial charge in [0.25, 0.3) is 0 Å². The molecule has 2 rings (SSSR count). The zero-order valence-corrected chi connectivity index (χ0v) is 19.9. The van der Waals surface area contributed by atoms with Gasteiger partial charge in [-0.1, -0.05) is 87.5 Å². The van der Waals surface area contributed by atoms with Crippen molar-refractivity contribution in [3.05, 3.63) is 73.3 Å². The number of ether oxygens (including phenoxy) is 1. The van der Waals surface area contributed by atoms with Crippen molar-refractivity contribution in [3.63, 3.8) is 0 Å². The number of hydrogen-bond donors (Lipinski definition) is 0. The van der Waals surface area contributed by atoms with E-state index in [1.54, 1.807) is 6.08 Å². The molecule has 0 amide bonds. The fourth-order valence-electron chi connectivity index (χ4n) is 2.78. The van der Waals surface area contributed by atoms with Gasteiger partial charge in [-0.3, -0.25) is 0 Å². The molecule has 4 heteroatoms. The molecule has 0 aromatic heterocycles. The maximum atomic E-state index is 6.82. The monoisotopic (exact) mass is 414 g/mol. The SMILES string of the molecule is C=CCOCC(CP(c1ccccc1)c1ccccc1)O[Si](C)(C)C(C)(C)C. The van der Waals surface area contributed by atoms with Crippen LogP contribution in [0.15, 0.2) is 73.3 Å². The van der Waals surface area contributed by atoms with Gasteiger partial charge in [0, 0.05) is 6.16 Å². The van der Waals surface area contributed by atoms with Crippen LogP contribution in [0.25, 0.3) is 0 Å². The van der Waals surface area contributed by atoms with Crippen LogP contribution in [0.5, 0.6) is 0 Å². The lowest BCUT2D eigenvalue weighted by atomic mass is 10.2. The Balaban J connectivity index is 2.29. The number of rotatable bonds is 10. The van der Waals surface area contributed by atoms with Gasteiger partial charge in [0.05, 0.1) is 19.3 Å². The first kappa shape index (κ1) is 23.0. The number of benzene rings is 2. The molecule has 0 heterocycles. The zero-order chi connectivity index (χ0) is 20.6. The normalized spacial score (nSPS) is 13.5. The van der Waals surface area contributed by atoms with E-state index in [1.165, 1.54) is 10.6 Å². The van der Waals surface area contributed by atoms with E-state index in [4.69, 9.17) is 9.16 Å². The highest BCUT2D eigenvalue weighted by molar-refractivity contribution is 7.73. The van der Waals surface area contributed by atoms with Gasteiger partial charge >= 0.3 is 0 Å². The quantitative estimate of drug-likeness (QED) is 0.214. The second kappa shape index (κ2) is 10.5. The molecule has 28 heavy (non-hydrogen) atoms. The molecule has 2 nitrogen and oxygen atoms in total. The molecular formula is C24H35O2PSi. The standard InChI is InChI=1S/C24H35O2PSi/c1-7-18-25-19-21(26-28(5,6)24(2,3)4)20-27(22-14-10-8-11-15-22)23-16-12-9-13-17-23/h7-17,21H,1,18-20H2,2-6H3. The van der Waals surface area contributed by atoms with Gasteiger partial charge in [-0.25, -0.2) is 0 Å². The summed E-state index contributed by atoms with van der Waals surface area (Å²) in [5.41, 5.74) is 0. The van der Waals surface area contributed by atoms with Gasteiger partial charge in [0.15, 0.2) is 8.32 Å². The van der Waals surface area contributed by atoms with Gasteiger partial charge < -0.3 is 9.16 Å². The van der Waals surface area contributed by atoms with Crippen LogP contribution in [-0.2, 0) is 9.16 Å². The van der Waals surface area contributed by atoms with Crippen LogP contribution in [0.2, 0.25) is 18.1 Å². The zero-order valence-electron chi connectivity index (χ0n) is 18.0. The van der Waals surface area contributed by atoms with Crippen molar-refractivity contribution in [2.75, 3.05) is 19.4 Å². The van der Waals surface area contributed by atoms with E-state index < -0.39 is 16.2 Å². The lowest BCUT2D eigenvalue weighted by molar-refractivity contribution is 0.0679. The molecular weight excluding hydrogens is 379 g/mol. The predicted molar refractivity (Wildman–Crippen MR) is 127 cm³/mol. The molecule has 0 radical (unpaired) electrons. The summed E-state index contributed by atoms with van der Waals surface area (Å²) in [5.74, 6) is 0. The summed E-state index contributed by atoms with van der Waals surface area (Å²) in [5, 5.41) is 2.94. The Bertz CT molecular complexity index is 671. The van der Waals surface area contributed by atoms with E-state index in [9.17, 15) is 0 Å². The van der Waals surface area contributed by atoms with Crippen LogP contribution < -0.4 is 10.6 Å². The second-order valence-electron chi connectivity index (χ2n) is 8.61.